The van der Waals surface area contributed by atoms with Gasteiger partial charge in [0.15, 0.2) is 6.10 Å². The smallest absolute Gasteiger partial charge is 0.266 e. The first kappa shape index (κ1) is 18.4. The summed E-state index contributed by atoms with van der Waals surface area (Å²) < 4.78 is 13.3. The first-order valence-electron chi connectivity index (χ1n) is 9.61. The van der Waals surface area contributed by atoms with Crippen molar-refractivity contribution in [2.45, 2.75) is 19.1 Å². The Bertz CT molecular complexity index is 1120. The Balaban J connectivity index is 1.59. The second-order valence-electron chi connectivity index (χ2n) is 7.38. The van der Waals surface area contributed by atoms with Crippen LogP contribution in [0.1, 0.15) is 17.2 Å². The standard InChI is InChI=1S/C23H18FN3O3/c1-14-4-2-3-5-18(14)27-20(15-10-12-25-13-11-15)19-21(30-27)23(29)26(22(19)28)17-8-6-16(24)7-9-17/h2-13,19-21H,1H3/t19-,20+,21+/m1/s1. The molecule has 2 saturated heterocycles. The number of hydroxylamine groups is 1. The molecule has 0 aliphatic carbocycles. The molecule has 150 valence electrons. The zero-order valence-corrected chi connectivity index (χ0v) is 16.1. The van der Waals surface area contributed by atoms with E-state index in [0.29, 0.717) is 5.69 Å². The molecule has 0 unspecified atom stereocenters. The summed E-state index contributed by atoms with van der Waals surface area (Å²) in [7, 11) is 0. The quantitative estimate of drug-likeness (QED) is 0.626. The maximum absolute atomic E-state index is 13.4. The average Bonchev–Trinajstić information content (AvgIpc) is 3.26. The van der Waals surface area contributed by atoms with Gasteiger partial charge in [0.2, 0.25) is 5.91 Å². The highest BCUT2D eigenvalue weighted by atomic mass is 19.1. The molecule has 3 aromatic rings. The summed E-state index contributed by atoms with van der Waals surface area (Å²) in [5, 5.41) is 1.66. The molecule has 1 aromatic heterocycles. The molecule has 5 rings (SSSR count). The number of aromatic nitrogens is 1. The van der Waals surface area contributed by atoms with Gasteiger partial charge >= 0.3 is 0 Å². The fraction of sp³-hybridized carbons (Fsp3) is 0.174. The van der Waals surface area contributed by atoms with Gasteiger partial charge < -0.3 is 0 Å². The lowest BCUT2D eigenvalue weighted by atomic mass is 9.91. The molecular weight excluding hydrogens is 385 g/mol. The van der Waals surface area contributed by atoms with Gasteiger partial charge in [-0.05, 0) is 60.5 Å². The molecule has 0 N–H and O–H groups in total. The number of amides is 2. The van der Waals surface area contributed by atoms with E-state index in [1.54, 1.807) is 17.5 Å². The maximum Gasteiger partial charge on any atom is 0.266 e. The molecule has 0 radical (unpaired) electrons. The fourth-order valence-corrected chi connectivity index (χ4v) is 4.18. The summed E-state index contributed by atoms with van der Waals surface area (Å²) in [5.41, 5.74) is 2.91. The Kier molecular flexibility index (Phi) is 4.33. The number of carbonyl (C=O) groups is 2. The van der Waals surface area contributed by atoms with E-state index in [1.807, 2.05) is 43.3 Å². The number of imide groups is 1. The molecule has 0 saturated carbocycles. The SMILES string of the molecule is Cc1ccccc1N1O[C@@H]2C(=O)N(c3ccc(F)cc3)C(=O)[C@@H]2[C@@H]1c1ccncc1. The number of pyridine rings is 1. The van der Waals surface area contributed by atoms with Crippen LogP contribution in [0.4, 0.5) is 15.8 Å². The number of aryl methyl sites for hydroxylation is 1. The molecule has 3 atom stereocenters. The molecule has 6 nitrogen and oxygen atoms in total. The fourth-order valence-electron chi connectivity index (χ4n) is 4.18. The van der Waals surface area contributed by atoms with Gasteiger partial charge in [0, 0.05) is 12.4 Å². The molecule has 7 heteroatoms. The summed E-state index contributed by atoms with van der Waals surface area (Å²) in [6.07, 6.45) is 2.34. The monoisotopic (exact) mass is 403 g/mol. The Labute approximate surface area is 172 Å². The third-order valence-electron chi connectivity index (χ3n) is 5.60. The summed E-state index contributed by atoms with van der Waals surface area (Å²) in [5.74, 6) is -1.99. The number of anilines is 2. The number of carbonyl (C=O) groups excluding carboxylic acids is 2. The van der Waals surface area contributed by atoms with Crippen molar-refractivity contribution in [2.75, 3.05) is 9.96 Å². The van der Waals surface area contributed by atoms with Crippen LogP contribution in [-0.2, 0) is 14.4 Å². The van der Waals surface area contributed by atoms with Crippen LogP contribution >= 0.6 is 0 Å². The second-order valence-corrected chi connectivity index (χ2v) is 7.38. The number of hydrogen-bond acceptors (Lipinski definition) is 5. The Hall–Kier alpha value is -3.58. The average molecular weight is 403 g/mol. The van der Waals surface area contributed by atoms with Gasteiger partial charge in [-0.15, -0.1) is 0 Å². The van der Waals surface area contributed by atoms with Crippen LogP contribution in [0.3, 0.4) is 0 Å². The van der Waals surface area contributed by atoms with Gasteiger partial charge in [0.05, 0.1) is 17.4 Å². The van der Waals surface area contributed by atoms with Crippen molar-refractivity contribution in [2.24, 2.45) is 5.92 Å². The summed E-state index contributed by atoms with van der Waals surface area (Å²) in [6.45, 7) is 1.95. The molecule has 0 spiro atoms. The predicted molar refractivity (Wildman–Crippen MR) is 108 cm³/mol. The summed E-state index contributed by atoms with van der Waals surface area (Å²) >= 11 is 0. The van der Waals surface area contributed by atoms with Crippen molar-refractivity contribution in [1.82, 2.24) is 4.98 Å². The number of halogens is 1. The maximum atomic E-state index is 13.4. The minimum atomic E-state index is -0.958. The number of hydrogen-bond donors (Lipinski definition) is 0. The number of benzene rings is 2. The largest absolute Gasteiger partial charge is 0.273 e. The third kappa shape index (κ3) is 2.78. The summed E-state index contributed by atoms with van der Waals surface area (Å²) in [6, 6.07) is 16.1. The molecule has 2 aliphatic rings. The van der Waals surface area contributed by atoms with E-state index < -0.39 is 29.8 Å². The van der Waals surface area contributed by atoms with Gasteiger partial charge in [-0.2, -0.15) is 0 Å². The van der Waals surface area contributed by atoms with Crippen molar-refractivity contribution in [3.8, 4) is 0 Å². The van der Waals surface area contributed by atoms with Crippen LogP contribution in [-0.4, -0.2) is 22.9 Å². The van der Waals surface area contributed by atoms with Crippen molar-refractivity contribution < 1.29 is 18.8 Å². The van der Waals surface area contributed by atoms with Crippen LogP contribution in [0.15, 0.2) is 73.1 Å². The highest BCUT2D eigenvalue weighted by molar-refractivity contribution is 6.23. The van der Waals surface area contributed by atoms with E-state index in [-0.39, 0.29) is 5.91 Å². The van der Waals surface area contributed by atoms with Crippen molar-refractivity contribution in [3.63, 3.8) is 0 Å². The zero-order chi connectivity index (χ0) is 20.8. The van der Waals surface area contributed by atoms with E-state index in [2.05, 4.69) is 4.98 Å². The van der Waals surface area contributed by atoms with Crippen molar-refractivity contribution >= 4 is 23.2 Å². The minimum absolute atomic E-state index is 0.334. The van der Waals surface area contributed by atoms with Gasteiger partial charge in [0.25, 0.3) is 5.91 Å². The van der Waals surface area contributed by atoms with E-state index in [1.165, 1.54) is 24.3 Å². The molecule has 2 aromatic carbocycles. The zero-order valence-electron chi connectivity index (χ0n) is 16.1. The molecule has 30 heavy (non-hydrogen) atoms. The lowest BCUT2D eigenvalue weighted by Crippen LogP contribution is -2.37. The number of nitrogens with zero attached hydrogens (tertiary/aromatic N) is 3. The Morgan fingerprint density at radius 3 is 2.33 bits per heavy atom. The van der Waals surface area contributed by atoms with Gasteiger partial charge in [-0.3, -0.25) is 19.4 Å². The summed E-state index contributed by atoms with van der Waals surface area (Å²) in [4.78, 5) is 37.9. The normalized spacial score (nSPS) is 23.2. The van der Waals surface area contributed by atoms with Crippen molar-refractivity contribution in [3.05, 3.63) is 90.0 Å². The molecule has 2 amide bonds. The van der Waals surface area contributed by atoms with Crippen LogP contribution in [0.2, 0.25) is 0 Å². The first-order valence-corrected chi connectivity index (χ1v) is 9.61. The minimum Gasteiger partial charge on any atom is -0.273 e. The Morgan fingerprint density at radius 2 is 1.63 bits per heavy atom. The van der Waals surface area contributed by atoms with E-state index in [0.717, 1.165) is 21.7 Å². The highest BCUT2D eigenvalue weighted by Crippen LogP contribution is 2.48. The lowest BCUT2D eigenvalue weighted by molar-refractivity contribution is -0.126. The van der Waals surface area contributed by atoms with E-state index >= 15 is 0 Å². The van der Waals surface area contributed by atoms with Gasteiger partial charge in [0.1, 0.15) is 11.7 Å². The number of rotatable bonds is 3. The van der Waals surface area contributed by atoms with E-state index in [9.17, 15) is 14.0 Å². The topological polar surface area (TPSA) is 62.7 Å². The van der Waals surface area contributed by atoms with Crippen molar-refractivity contribution in [1.29, 1.82) is 0 Å². The van der Waals surface area contributed by atoms with Crippen LogP contribution in [0, 0.1) is 18.7 Å². The molecule has 3 heterocycles. The van der Waals surface area contributed by atoms with Crippen LogP contribution in [0.25, 0.3) is 0 Å². The lowest BCUT2D eigenvalue weighted by Gasteiger charge is -2.29. The van der Waals surface area contributed by atoms with Gasteiger partial charge in [-0.25, -0.2) is 14.4 Å². The number of fused-ring (bicyclic) bond motifs is 1. The van der Waals surface area contributed by atoms with Crippen LogP contribution in [0.5, 0.6) is 0 Å². The van der Waals surface area contributed by atoms with Crippen LogP contribution < -0.4 is 9.96 Å². The van der Waals surface area contributed by atoms with Gasteiger partial charge in [-0.1, -0.05) is 18.2 Å². The first-order chi connectivity index (χ1) is 14.6. The molecular formula is C23H18FN3O3. The van der Waals surface area contributed by atoms with E-state index in [4.69, 9.17) is 4.84 Å². The molecule has 0 bridgehead atoms. The third-order valence-corrected chi connectivity index (χ3v) is 5.60. The predicted octanol–water partition coefficient (Wildman–Crippen LogP) is 3.58. The molecule has 2 fully saturated rings. The molecule has 2 aliphatic heterocycles. The Morgan fingerprint density at radius 1 is 0.933 bits per heavy atom. The highest BCUT2D eigenvalue weighted by Gasteiger charge is 2.60. The number of para-hydroxylation sites is 1. The second kappa shape index (κ2) is 7.03.